The van der Waals surface area contributed by atoms with E-state index >= 15 is 0 Å². The number of hydrogen-bond acceptors (Lipinski definition) is 2. The molecule has 0 bridgehead atoms. The Morgan fingerprint density at radius 2 is 1.00 bits per heavy atom. The van der Waals surface area contributed by atoms with Gasteiger partial charge in [0, 0.05) is 12.1 Å². The van der Waals surface area contributed by atoms with Crippen molar-refractivity contribution in [2.24, 2.45) is 0 Å². The molecule has 126 valence electrons. The first kappa shape index (κ1) is 15.9. The molecule has 2 N–H and O–H groups in total. The van der Waals surface area contributed by atoms with Crippen molar-refractivity contribution in [3.63, 3.8) is 0 Å². The van der Waals surface area contributed by atoms with E-state index in [-0.39, 0.29) is 0 Å². The molecule has 24 heavy (non-hydrogen) atoms. The summed E-state index contributed by atoms with van der Waals surface area (Å²) in [6.07, 6.45) is 5.29. The van der Waals surface area contributed by atoms with Gasteiger partial charge in [0.2, 0.25) is 0 Å². The maximum Gasteiger partial charge on any atom is 0.0521 e. The highest BCUT2D eigenvalue weighted by atomic mass is 15.2. The quantitative estimate of drug-likeness (QED) is 0.845. The Hall–Kier alpha value is -1.64. The molecule has 0 amide bonds. The molecule has 2 fully saturated rings. The van der Waals surface area contributed by atoms with Crippen LogP contribution < -0.4 is 10.6 Å². The lowest BCUT2D eigenvalue weighted by Gasteiger charge is -2.46. The molecule has 0 aromatic heterocycles. The zero-order valence-electron chi connectivity index (χ0n) is 14.8. The average molecular weight is 320 g/mol. The minimum atomic E-state index is 0.340. The molecular formula is C22H28N2. The lowest BCUT2D eigenvalue weighted by atomic mass is 9.82. The Kier molecular flexibility index (Phi) is 4.43. The molecule has 2 aromatic carbocycles. The summed E-state index contributed by atoms with van der Waals surface area (Å²) in [5.41, 5.74) is 5.43. The molecule has 1 saturated carbocycles. The molecule has 4 atom stereocenters. The number of rotatable bonds is 2. The predicted molar refractivity (Wildman–Crippen MR) is 100 cm³/mol. The van der Waals surface area contributed by atoms with Gasteiger partial charge in [-0.25, -0.2) is 0 Å². The van der Waals surface area contributed by atoms with Crippen LogP contribution in [-0.4, -0.2) is 12.1 Å². The first-order valence-corrected chi connectivity index (χ1v) is 9.36. The van der Waals surface area contributed by atoms with Crippen LogP contribution in [0.15, 0.2) is 48.5 Å². The first-order chi connectivity index (χ1) is 11.7. The van der Waals surface area contributed by atoms with Gasteiger partial charge in [-0.1, -0.05) is 72.5 Å². The van der Waals surface area contributed by atoms with Crippen LogP contribution in [0, 0.1) is 13.8 Å². The molecule has 1 heterocycles. The average Bonchev–Trinajstić information content (AvgIpc) is 2.62. The van der Waals surface area contributed by atoms with Crippen LogP contribution in [-0.2, 0) is 0 Å². The van der Waals surface area contributed by atoms with Crippen molar-refractivity contribution < 1.29 is 0 Å². The fourth-order valence-corrected chi connectivity index (χ4v) is 4.31. The predicted octanol–water partition coefficient (Wildman–Crippen LogP) is 4.59. The molecule has 1 saturated heterocycles. The van der Waals surface area contributed by atoms with E-state index in [1.807, 2.05) is 0 Å². The van der Waals surface area contributed by atoms with E-state index in [0.717, 1.165) is 0 Å². The lowest BCUT2D eigenvalue weighted by molar-refractivity contribution is 0.168. The highest BCUT2D eigenvalue weighted by Gasteiger charge is 2.38. The minimum absolute atomic E-state index is 0.340. The zero-order valence-corrected chi connectivity index (χ0v) is 14.8. The summed E-state index contributed by atoms with van der Waals surface area (Å²) < 4.78 is 0. The fourth-order valence-electron chi connectivity index (χ4n) is 4.31. The smallest absolute Gasteiger partial charge is 0.0521 e. The van der Waals surface area contributed by atoms with Crippen LogP contribution in [0.25, 0.3) is 0 Å². The summed E-state index contributed by atoms with van der Waals surface area (Å²) in [5, 5.41) is 7.98. The molecule has 0 spiro atoms. The van der Waals surface area contributed by atoms with E-state index in [2.05, 4.69) is 73.0 Å². The number of aryl methyl sites for hydroxylation is 2. The maximum absolute atomic E-state index is 3.99. The largest absolute Gasteiger partial charge is 0.304 e. The van der Waals surface area contributed by atoms with Gasteiger partial charge in [0.25, 0.3) is 0 Å². The summed E-state index contributed by atoms with van der Waals surface area (Å²) in [4.78, 5) is 0. The summed E-state index contributed by atoms with van der Waals surface area (Å²) in [7, 11) is 0. The molecule has 4 rings (SSSR count). The molecule has 1 aliphatic carbocycles. The summed E-state index contributed by atoms with van der Waals surface area (Å²) in [6.45, 7) is 4.32. The Bertz CT molecular complexity index is 613. The molecular weight excluding hydrogens is 292 g/mol. The van der Waals surface area contributed by atoms with Crippen LogP contribution >= 0.6 is 0 Å². The third-order valence-corrected chi connectivity index (χ3v) is 5.76. The summed E-state index contributed by atoms with van der Waals surface area (Å²) >= 11 is 0. The van der Waals surface area contributed by atoms with Crippen LogP contribution in [0.1, 0.15) is 60.0 Å². The van der Waals surface area contributed by atoms with Crippen molar-refractivity contribution >= 4 is 0 Å². The zero-order chi connectivity index (χ0) is 16.5. The lowest BCUT2D eigenvalue weighted by Crippen LogP contribution is -2.59. The van der Waals surface area contributed by atoms with E-state index in [1.54, 1.807) is 0 Å². The number of benzene rings is 2. The number of fused-ring (bicyclic) bond motifs is 1. The van der Waals surface area contributed by atoms with Gasteiger partial charge in [0.1, 0.15) is 0 Å². The normalized spacial score (nSPS) is 29.9. The molecule has 2 heteroatoms. The summed E-state index contributed by atoms with van der Waals surface area (Å²) in [5.74, 6) is 0. The molecule has 2 aliphatic rings. The van der Waals surface area contributed by atoms with Crippen molar-refractivity contribution in [1.82, 2.24) is 10.6 Å². The van der Waals surface area contributed by atoms with Crippen LogP contribution in [0.2, 0.25) is 0 Å². The topological polar surface area (TPSA) is 24.1 Å². The molecule has 1 aliphatic heterocycles. The van der Waals surface area contributed by atoms with E-state index in [1.165, 1.54) is 47.9 Å². The second-order valence-corrected chi connectivity index (χ2v) is 7.61. The van der Waals surface area contributed by atoms with Crippen molar-refractivity contribution in [3.05, 3.63) is 70.8 Å². The molecule has 2 nitrogen and oxygen atoms in total. The Balaban J connectivity index is 1.68. The Labute approximate surface area is 145 Å². The van der Waals surface area contributed by atoms with Gasteiger partial charge in [-0.05, 0) is 37.8 Å². The van der Waals surface area contributed by atoms with Gasteiger partial charge >= 0.3 is 0 Å². The van der Waals surface area contributed by atoms with Gasteiger partial charge in [0.15, 0.2) is 0 Å². The van der Waals surface area contributed by atoms with Gasteiger partial charge < -0.3 is 10.6 Å². The van der Waals surface area contributed by atoms with E-state index in [0.29, 0.717) is 24.2 Å². The van der Waals surface area contributed by atoms with Gasteiger partial charge in [-0.2, -0.15) is 0 Å². The van der Waals surface area contributed by atoms with Crippen LogP contribution in [0.4, 0.5) is 0 Å². The number of hydrogen-bond donors (Lipinski definition) is 2. The maximum atomic E-state index is 3.99. The third-order valence-electron chi connectivity index (χ3n) is 5.76. The molecule has 0 radical (unpaired) electrons. The Morgan fingerprint density at radius 1 is 0.625 bits per heavy atom. The first-order valence-electron chi connectivity index (χ1n) is 9.36. The van der Waals surface area contributed by atoms with Crippen molar-refractivity contribution in [2.75, 3.05) is 0 Å². The second-order valence-electron chi connectivity index (χ2n) is 7.61. The third kappa shape index (κ3) is 3.13. The van der Waals surface area contributed by atoms with Crippen molar-refractivity contribution in [3.8, 4) is 0 Å². The standard InChI is InChI=1S/C22H28N2/c1-15-7-11-17(12-8-15)21-22(18-13-9-16(2)10-14-18)24-20-6-4-3-5-19(20)23-21/h7-14,19-24H,3-6H2,1-2H3/t19-,20-,21+,22+/m1/s1. The highest BCUT2D eigenvalue weighted by molar-refractivity contribution is 5.32. The van der Waals surface area contributed by atoms with Gasteiger partial charge in [0.05, 0.1) is 12.1 Å². The number of piperazine rings is 1. The van der Waals surface area contributed by atoms with E-state index in [4.69, 9.17) is 0 Å². The molecule has 0 unspecified atom stereocenters. The minimum Gasteiger partial charge on any atom is -0.304 e. The Morgan fingerprint density at radius 3 is 1.38 bits per heavy atom. The SMILES string of the molecule is Cc1ccc([C@@H]2N[C@@H]3CCCC[C@H]3N[C@H]2c2ccc(C)cc2)cc1. The second kappa shape index (κ2) is 6.70. The fraction of sp³-hybridized carbons (Fsp3) is 0.455. The van der Waals surface area contributed by atoms with Crippen LogP contribution in [0.3, 0.4) is 0 Å². The van der Waals surface area contributed by atoms with Gasteiger partial charge in [-0.15, -0.1) is 0 Å². The highest BCUT2D eigenvalue weighted by Crippen LogP contribution is 2.36. The summed E-state index contributed by atoms with van der Waals surface area (Å²) in [6, 6.07) is 20.0. The number of nitrogens with one attached hydrogen (secondary N) is 2. The van der Waals surface area contributed by atoms with Crippen molar-refractivity contribution in [2.45, 2.75) is 63.7 Å². The van der Waals surface area contributed by atoms with Crippen LogP contribution in [0.5, 0.6) is 0 Å². The monoisotopic (exact) mass is 320 g/mol. The molecule has 2 aromatic rings. The van der Waals surface area contributed by atoms with E-state index in [9.17, 15) is 0 Å². The van der Waals surface area contributed by atoms with E-state index < -0.39 is 0 Å². The van der Waals surface area contributed by atoms with Gasteiger partial charge in [-0.3, -0.25) is 0 Å². The van der Waals surface area contributed by atoms with Crippen molar-refractivity contribution in [1.29, 1.82) is 0 Å².